The summed E-state index contributed by atoms with van der Waals surface area (Å²) in [6.45, 7) is -0.416. The molecule has 1 saturated carbocycles. The molecule has 2 aromatic rings. The first-order valence-corrected chi connectivity index (χ1v) is 6.34. The van der Waals surface area contributed by atoms with E-state index in [1.165, 1.54) is 6.26 Å². The highest BCUT2D eigenvalue weighted by Crippen LogP contribution is 2.18. The molecule has 110 valence electrons. The average molecular weight is 292 g/mol. The molecular formula is C12H12N4O5. The quantitative estimate of drug-likeness (QED) is 0.823. The third kappa shape index (κ3) is 3.19. The molecule has 2 N–H and O–H groups in total. The Balaban J connectivity index is 1.63. The summed E-state index contributed by atoms with van der Waals surface area (Å²) in [5, 5.41) is 8.54. The van der Waals surface area contributed by atoms with E-state index in [1.54, 1.807) is 12.1 Å². The average Bonchev–Trinajstić information content (AvgIpc) is 2.94. The van der Waals surface area contributed by atoms with E-state index in [9.17, 15) is 14.4 Å². The smallest absolute Gasteiger partial charge is 0.437 e. The van der Waals surface area contributed by atoms with Crippen molar-refractivity contribution in [3.63, 3.8) is 0 Å². The molecule has 21 heavy (non-hydrogen) atoms. The highest BCUT2D eigenvalue weighted by molar-refractivity contribution is 5.94. The van der Waals surface area contributed by atoms with Crippen LogP contribution in [0.4, 0.5) is 4.79 Å². The summed E-state index contributed by atoms with van der Waals surface area (Å²) in [5.74, 6) is -1.22. The Morgan fingerprint density at radius 1 is 1.43 bits per heavy atom. The predicted molar refractivity (Wildman–Crippen MR) is 68.2 cm³/mol. The van der Waals surface area contributed by atoms with Crippen LogP contribution in [0.2, 0.25) is 0 Å². The first kappa shape index (κ1) is 13.2. The summed E-state index contributed by atoms with van der Waals surface area (Å²) in [6, 6.07) is 2.74. The molecule has 0 atom stereocenters. The topological polar surface area (TPSA) is 119 Å². The first-order valence-electron chi connectivity index (χ1n) is 6.34. The molecule has 3 rings (SSSR count). The van der Waals surface area contributed by atoms with Crippen LogP contribution in [-0.4, -0.2) is 27.8 Å². The minimum absolute atomic E-state index is 0.0276. The fraction of sp³-hybridized carbons (Fsp3) is 0.333. The molecule has 1 fully saturated rings. The first-order chi connectivity index (χ1) is 10.1. The maximum atomic E-state index is 11.6. The Hall–Kier alpha value is -2.84. The second-order valence-corrected chi connectivity index (χ2v) is 4.60. The van der Waals surface area contributed by atoms with Gasteiger partial charge in [-0.15, -0.1) is 5.10 Å². The molecule has 0 spiro atoms. The SMILES string of the molecule is O=C(Cn1nc(-c2ccco2)oc1=O)NC(=O)NC1CC1. The van der Waals surface area contributed by atoms with Gasteiger partial charge in [0.25, 0.3) is 5.89 Å². The number of carbonyl (C=O) groups is 2. The number of nitrogens with zero attached hydrogens (tertiary/aromatic N) is 2. The summed E-state index contributed by atoms with van der Waals surface area (Å²) in [7, 11) is 0. The molecule has 2 aromatic heterocycles. The number of aromatic nitrogens is 2. The third-order valence-electron chi connectivity index (χ3n) is 2.80. The molecule has 0 radical (unpaired) electrons. The molecule has 0 saturated heterocycles. The number of furan rings is 1. The van der Waals surface area contributed by atoms with Crippen molar-refractivity contribution in [1.29, 1.82) is 0 Å². The van der Waals surface area contributed by atoms with Gasteiger partial charge in [0, 0.05) is 6.04 Å². The fourth-order valence-electron chi connectivity index (χ4n) is 1.66. The second-order valence-electron chi connectivity index (χ2n) is 4.60. The molecule has 1 aliphatic carbocycles. The normalized spacial score (nSPS) is 13.9. The van der Waals surface area contributed by atoms with Crippen molar-refractivity contribution in [2.75, 3.05) is 0 Å². The van der Waals surface area contributed by atoms with Gasteiger partial charge in [0.05, 0.1) is 6.26 Å². The van der Waals surface area contributed by atoms with Gasteiger partial charge in [0.15, 0.2) is 5.76 Å². The summed E-state index contributed by atoms with van der Waals surface area (Å²) in [4.78, 5) is 34.6. The number of carbonyl (C=O) groups excluding carboxylic acids is 2. The van der Waals surface area contributed by atoms with Gasteiger partial charge >= 0.3 is 11.8 Å². The van der Waals surface area contributed by atoms with Gasteiger partial charge in [-0.1, -0.05) is 0 Å². The monoisotopic (exact) mass is 292 g/mol. The molecule has 9 nitrogen and oxygen atoms in total. The van der Waals surface area contributed by atoms with Crippen LogP contribution >= 0.6 is 0 Å². The van der Waals surface area contributed by atoms with E-state index in [0.717, 1.165) is 17.5 Å². The molecule has 0 bridgehead atoms. The number of hydrogen-bond acceptors (Lipinski definition) is 6. The summed E-state index contributed by atoms with van der Waals surface area (Å²) < 4.78 is 10.7. The Labute approximate surface area is 117 Å². The molecule has 1 aliphatic rings. The number of nitrogens with one attached hydrogen (secondary N) is 2. The summed E-state index contributed by atoms with van der Waals surface area (Å²) in [6.07, 6.45) is 3.23. The van der Waals surface area contributed by atoms with Crippen LogP contribution in [0.1, 0.15) is 12.8 Å². The zero-order chi connectivity index (χ0) is 14.8. The van der Waals surface area contributed by atoms with Gasteiger partial charge in [-0.05, 0) is 25.0 Å². The highest BCUT2D eigenvalue weighted by Gasteiger charge is 2.24. The lowest BCUT2D eigenvalue weighted by Crippen LogP contribution is -2.42. The second kappa shape index (κ2) is 5.27. The Bertz CT molecular complexity index is 710. The van der Waals surface area contributed by atoms with Crippen LogP contribution in [0.15, 0.2) is 32.0 Å². The van der Waals surface area contributed by atoms with Gasteiger partial charge in [0.1, 0.15) is 6.54 Å². The zero-order valence-electron chi connectivity index (χ0n) is 10.9. The lowest BCUT2D eigenvalue weighted by molar-refractivity contribution is -0.120. The van der Waals surface area contributed by atoms with E-state index in [0.29, 0.717) is 0 Å². The van der Waals surface area contributed by atoms with Gasteiger partial charge in [-0.25, -0.2) is 9.59 Å². The molecular weight excluding hydrogens is 280 g/mol. The molecule has 2 heterocycles. The van der Waals surface area contributed by atoms with Gasteiger partial charge in [-0.2, -0.15) is 4.68 Å². The maximum absolute atomic E-state index is 11.6. The molecule has 0 aliphatic heterocycles. The van der Waals surface area contributed by atoms with Crippen molar-refractivity contribution in [3.05, 3.63) is 28.9 Å². The van der Waals surface area contributed by atoms with Crippen LogP contribution in [0.25, 0.3) is 11.7 Å². The molecule has 9 heteroatoms. The van der Waals surface area contributed by atoms with Crippen LogP contribution < -0.4 is 16.4 Å². The largest absolute Gasteiger partial charge is 0.459 e. The standard InChI is InChI=1S/C12H12N4O5/c17-9(14-11(18)13-7-3-4-7)6-16-12(19)21-10(15-16)8-2-1-5-20-8/h1-2,5,7H,3-4,6H2,(H2,13,14,17,18). The lowest BCUT2D eigenvalue weighted by Gasteiger charge is -2.04. The Morgan fingerprint density at radius 3 is 2.90 bits per heavy atom. The number of hydrogen-bond donors (Lipinski definition) is 2. The minimum atomic E-state index is -0.806. The molecule has 3 amide bonds. The number of amides is 3. The number of urea groups is 1. The van der Waals surface area contributed by atoms with Crippen LogP contribution in [0.5, 0.6) is 0 Å². The van der Waals surface area contributed by atoms with E-state index in [-0.39, 0.29) is 17.7 Å². The van der Waals surface area contributed by atoms with Crippen molar-refractivity contribution < 1.29 is 18.4 Å². The van der Waals surface area contributed by atoms with Crippen molar-refractivity contribution in [2.45, 2.75) is 25.4 Å². The van der Waals surface area contributed by atoms with E-state index >= 15 is 0 Å². The zero-order valence-corrected chi connectivity index (χ0v) is 10.9. The third-order valence-corrected chi connectivity index (χ3v) is 2.80. The van der Waals surface area contributed by atoms with Crippen molar-refractivity contribution in [1.82, 2.24) is 20.4 Å². The van der Waals surface area contributed by atoms with Crippen LogP contribution in [0.3, 0.4) is 0 Å². The molecule has 0 unspecified atom stereocenters. The number of rotatable bonds is 4. The lowest BCUT2D eigenvalue weighted by atomic mass is 10.5. The van der Waals surface area contributed by atoms with Crippen molar-refractivity contribution >= 4 is 11.9 Å². The van der Waals surface area contributed by atoms with Crippen molar-refractivity contribution in [2.24, 2.45) is 0 Å². The molecule has 0 aromatic carbocycles. The highest BCUT2D eigenvalue weighted by atomic mass is 16.4. The predicted octanol–water partition coefficient (Wildman–Crippen LogP) is 0.0845. The van der Waals surface area contributed by atoms with E-state index in [1.807, 2.05) is 0 Å². The number of imide groups is 1. The van der Waals surface area contributed by atoms with E-state index in [4.69, 9.17) is 8.83 Å². The summed E-state index contributed by atoms with van der Waals surface area (Å²) >= 11 is 0. The van der Waals surface area contributed by atoms with Crippen molar-refractivity contribution in [3.8, 4) is 11.7 Å². The maximum Gasteiger partial charge on any atom is 0.437 e. The Kier molecular flexibility index (Phi) is 3.30. The van der Waals surface area contributed by atoms with Gasteiger partial charge in [-0.3, -0.25) is 10.1 Å². The van der Waals surface area contributed by atoms with E-state index in [2.05, 4.69) is 15.7 Å². The Morgan fingerprint density at radius 2 is 2.24 bits per heavy atom. The van der Waals surface area contributed by atoms with Crippen LogP contribution in [-0.2, 0) is 11.3 Å². The minimum Gasteiger partial charge on any atom is -0.459 e. The van der Waals surface area contributed by atoms with Gasteiger partial charge < -0.3 is 14.2 Å². The summed E-state index contributed by atoms with van der Waals surface area (Å²) in [5.41, 5.74) is 0. The fourth-order valence-corrected chi connectivity index (χ4v) is 1.66. The van der Waals surface area contributed by atoms with Gasteiger partial charge in [0.2, 0.25) is 5.91 Å². The van der Waals surface area contributed by atoms with E-state index < -0.39 is 24.2 Å². The van der Waals surface area contributed by atoms with Crippen LogP contribution in [0, 0.1) is 0 Å².